The van der Waals surface area contributed by atoms with Crippen LogP contribution >= 0.6 is 11.8 Å². The van der Waals surface area contributed by atoms with Gasteiger partial charge in [0.05, 0.1) is 5.75 Å². The maximum Gasteiger partial charge on any atom is 0.344 e. The summed E-state index contributed by atoms with van der Waals surface area (Å²) in [4.78, 5) is 23.5. The van der Waals surface area contributed by atoms with E-state index in [1.165, 1.54) is 23.9 Å². The van der Waals surface area contributed by atoms with Crippen molar-refractivity contribution < 1.29 is 9.18 Å². The highest BCUT2D eigenvalue weighted by Crippen LogP contribution is 2.35. The van der Waals surface area contributed by atoms with Gasteiger partial charge in [-0.25, -0.2) is 14.3 Å². The second-order valence-corrected chi connectivity index (χ2v) is 5.99. The highest BCUT2D eigenvalue weighted by Gasteiger charge is 2.28. The van der Waals surface area contributed by atoms with Crippen LogP contribution in [0.15, 0.2) is 34.2 Å². The number of halogens is 1. The minimum Gasteiger partial charge on any atom is -0.298 e. The Labute approximate surface area is 124 Å². The number of ketones is 1. The minimum atomic E-state index is -0.314. The SMILES string of the molecule is O=C(CSc1n[nH]c(=O)n1C1CC1)Cc1ccc(F)cc1. The summed E-state index contributed by atoms with van der Waals surface area (Å²) in [7, 11) is 0. The molecule has 0 amide bonds. The first-order chi connectivity index (χ1) is 10.1. The number of thioether (sulfide) groups is 1. The van der Waals surface area contributed by atoms with Crippen molar-refractivity contribution in [1.29, 1.82) is 0 Å². The van der Waals surface area contributed by atoms with Crippen LogP contribution in [0.1, 0.15) is 24.4 Å². The van der Waals surface area contributed by atoms with Gasteiger partial charge in [0.15, 0.2) is 5.16 Å². The molecule has 2 aromatic rings. The molecule has 0 radical (unpaired) electrons. The largest absolute Gasteiger partial charge is 0.344 e. The van der Waals surface area contributed by atoms with Gasteiger partial charge < -0.3 is 0 Å². The molecule has 0 unspecified atom stereocenters. The van der Waals surface area contributed by atoms with Gasteiger partial charge in [-0.15, -0.1) is 5.10 Å². The van der Waals surface area contributed by atoms with Crippen LogP contribution in [0.2, 0.25) is 0 Å². The van der Waals surface area contributed by atoms with Crippen LogP contribution in [0.25, 0.3) is 0 Å². The zero-order valence-corrected chi connectivity index (χ0v) is 12.0. The molecule has 0 saturated heterocycles. The molecule has 0 spiro atoms. The highest BCUT2D eigenvalue weighted by atomic mass is 32.2. The third-order valence-electron chi connectivity index (χ3n) is 3.26. The molecule has 1 aromatic carbocycles. The predicted octanol–water partition coefficient (Wildman–Crippen LogP) is 1.95. The lowest BCUT2D eigenvalue weighted by atomic mass is 10.1. The number of rotatable bonds is 6. The predicted molar refractivity (Wildman–Crippen MR) is 77.0 cm³/mol. The molecular weight excluding hydrogens is 293 g/mol. The number of Topliss-reactive ketones (excluding diaryl/α,β-unsaturated/α-hetero) is 1. The first-order valence-electron chi connectivity index (χ1n) is 6.69. The Hall–Kier alpha value is -1.89. The fourth-order valence-electron chi connectivity index (χ4n) is 2.07. The number of nitrogens with zero attached hydrogens (tertiary/aromatic N) is 2. The number of aromatic amines is 1. The topological polar surface area (TPSA) is 67.8 Å². The average Bonchev–Trinajstić information content (AvgIpc) is 3.23. The smallest absolute Gasteiger partial charge is 0.298 e. The lowest BCUT2D eigenvalue weighted by molar-refractivity contribution is -0.116. The van der Waals surface area contributed by atoms with Crippen LogP contribution < -0.4 is 5.69 Å². The third kappa shape index (κ3) is 3.41. The third-order valence-corrected chi connectivity index (χ3v) is 4.27. The number of carbonyl (C=O) groups is 1. The van der Waals surface area contributed by atoms with E-state index in [-0.39, 0.29) is 35.5 Å². The number of hydrogen-bond donors (Lipinski definition) is 1. The molecule has 1 aliphatic carbocycles. The van der Waals surface area contributed by atoms with Crippen molar-refractivity contribution in [1.82, 2.24) is 14.8 Å². The first-order valence-corrected chi connectivity index (χ1v) is 7.68. The Kier molecular flexibility index (Phi) is 3.92. The molecule has 0 atom stereocenters. The van der Waals surface area contributed by atoms with Crippen LogP contribution in [0, 0.1) is 5.82 Å². The summed E-state index contributed by atoms with van der Waals surface area (Å²) in [5.74, 6) is -0.0519. The summed E-state index contributed by atoms with van der Waals surface area (Å²) in [6, 6.07) is 6.12. The van der Waals surface area contributed by atoms with Crippen molar-refractivity contribution >= 4 is 17.5 Å². The van der Waals surface area contributed by atoms with E-state index in [1.54, 1.807) is 16.7 Å². The first kappa shape index (κ1) is 14.1. The standard InChI is InChI=1S/C14H14FN3O2S/c15-10-3-1-9(2-4-10)7-12(19)8-21-14-17-16-13(20)18(14)11-5-6-11/h1-4,11H,5-8H2,(H,16,20). The van der Waals surface area contributed by atoms with Crippen molar-refractivity contribution in [3.8, 4) is 0 Å². The number of nitrogens with one attached hydrogen (secondary N) is 1. The summed E-state index contributed by atoms with van der Waals surface area (Å²) in [6.07, 6.45) is 2.22. The van der Waals surface area contributed by atoms with Crippen LogP contribution in [-0.2, 0) is 11.2 Å². The molecule has 1 aromatic heterocycles. The van der Waals surface area contributed by atoms with E-state index in [1.807, 2.05) is 0 Å². The van der Waals surface area contributed by atoms with Gasteiger partial charge in [0.2, 0.25) is 0 Å². The van der Waals surface area contributed by atoms with E-state index in [2.05, 4.69) is 10.2 Å². The Balaban J connectivity index is 1.58. The summed E-state index contributed by atoms with van der Waals surface area (Å²) in [5.41, 5.74) is 0.564. The molecular formula is C14H14FN3O2S. The minimum absolute atomic E-state index is 0.0180. The maximum absolute atomic E-state index is 12.8. The Morgan fingerprint density at radius 2 is 2.10 bits per heavy atom. The van der Waals surface area contributed by atoms with Crippen molar-refractivity contribution in [3.05, 3.63) is 46.1 Å². The lowest BCUT2D eigenvalue weighted by Gasteiger charge is -2.03. The Morgan fingerprint density at radius 1 is 1.38 bits per heavy atom. The van der Waals surface area contributed by atoms with Gasteiger partial charge in [0, 0.05) is 12.5 Å². The van der Waals surface area contributed by atoms with Gasteiger partial charge in [-0.1, -0.05) is 23.9 Å². The normalized spacial score (nSPS) is 14.3. The molecule has 0 bridgehead atoms. The molecule has 110 valence electrons. The highest BCUT2D eigenvalue weighted by molar-refractivity contribution is 7.99. The van der Waals surface area contributed by atoms with E-state index in [0.717, 1.165) is 18.4 Å². The molecule has 7 heteroatoms. The van der Waals surface area contributed by atoms with E-state index in [0.29, 0.717) is 5.16 Å². The maximum atomic E-state index is 12.8. The quantitative estimate of drug-likeness (QED) is 0.828. The van der Waals surface area contributed by atoms with Crippen LogP contribution in [0.5, 0.6) is 0 Å². The van der Waals surface area contributed by atoms with Crippen molar-refractivity contribution in [2.75, 3.05) is 5.75 Å². The number of hydrogen-bond acceptors (Lipinski definition) is 4. The fraction of sp³-hybridized carbons (Fsp3) is 0.357. The molecule has 1 heterocycles. The number of H-pyrrole nitrogens is 1. The Morgan fingerprint density at radius 3 is 2.76 bits per heavy atom. The molecule has 1 fully saturated rings. The van der Waals surface area contributed by atoms with Gasteiger partial charge in [0.1, 0.15) is 11.6 Å². The van der Waals surface area contributed by atoms with Crippen molar-refractivity contribution in [2.45, 2.75) is 30.5 Å². The summed E-state index contributed by atoms with van der Waals surface area (Å²) in [5, 5.41) is 6.94. The van der Waals surface area contributed by atoms with Gasteiger partial charge >= 0.3 is 5.69 Å². The molecule has 1 N–H and O–H groups in total. The molecule has 0 aliphatic heterocycles. The lowest BCUT2D eigenvalue weighted by Crippen LogP contribution is -2.16. The number of aromatic nitrogens is 3. The summed E-state index contributed by atoms with van der Waals surface area (Å²) >= 11 is 1.26. The van der Waals surface area contributed by atoms with E-state index in [9.17, 15) is 14.0 Å². The second kappa shape index (κ2) is 5.85. The van der Waals surface area contributed by atoms with E-state index < -0.39 is 0 Å². The molecule has 1 aliphatic rings. The molecule has 1 saturated carbocycles. The van der Waals surface area contributed by atoms with Gasteiger partial charge in [-0.2, -0.15) is 0 Å². The van der Waals surface area contributed by atoms with Gasteiger partial charge in [-0.3, -0.25) is 9.36 Å². The molecule has 3 rings (SSSR count). The summed E-state index contributed by atoms with van der Waals surface area (Å²) < 4.78 is 14.4. The van der Waals surface area contributed by atoms with E-state index in [4.69, 9.17) is 0 Å². The van der Waals surface area contributed by atoms with Crippen LogP contribution in [-0.4, -0.2) is 26.3 Å². The second-order valence-electron chi connectivity index (χ2n) is 5.04. The fourth-order valence-corrected chi connectivity index (χ4v) is 2.95. The van der Waals surface area contributed by atoms with Gasteiger partial charge in [0.25, 0.3) is 0 Å². The van der Waals surface area contributed by atoms with E-state index >= 15 is 0 Å². The summed E-state index contributed by atoms with van der Waals surface area (Å²) in [6.45, 7) is 0. The Bertz CT molecular complexity index is 704. The van der Waals surface area contributed by atoms with Crippen LogP contribution in [0.3, 0.4) is 0 Å². The average molecular weight is 307 g/mol. The van der Waals surface area contributed by atoms with Crippen molar-refractivity contribution in [2.24, 2.45) is 0 Å². The van der Waals surface area contributed by atoms with Crippen LogP contribution in [0.4, 0.5) is 4.39 Å². The van der Waals surface area contributed by atoms with Crippen molar-refractivity contribution in [3.63, 3.8) is 0 Å². The van der Waals surface area contributed by atoms with Gasteiger partial charge in [-0.05, 0) is 30.5 Å². The zero-order chi connectivity index (χ0) is 14.8. The zero-order valence-electron chi connectivity index (χ0n) is 11.2. The number of carbonyl (C=O) groups excluding carboxylic acids is 1. The monoisotopic (exact) mass is 307 g/mol. The number of benzene rings is 1. The molecule has 5 nitrogen and oxygen atoms in total. The molecule has 21 heavy (non-hydrogen) atoms.